The first-order chi connectivity index (χ1) is 12.4. The normalized spacial score (nSPS) is 16.2. The number of thiophene rings is 1. The van der Waals surface area contributed by atoms with E-state index in [1.165, 1.54) is 12.1 Å². The van der Waals surface area contributed by atoms with Crippen LogP contribution in [0.2, 0.25) is 0 Å². The Labute approximate surface area is 157 Å². The Balaban J connectivity index is 1.61. The van der Waals surface area contributed by atoms with Crippen LogP contribution in [0.4, 0.5) is 5.69 Å². The number of aryl methyl sites for hydroxylation is 1. The van der Waals surface area contributed by atoms with Crippen molar-refractivity contribution in [2.24, 2.45) is 4.40 Å². The van der Waals surface area contributed by atoms with Crippen LogP contribution in [0.5, 0.6) is 0 Å². The summed E-state index contributed by atoms with van der Waals surface area (Å²) in [4.78, 5) is 14.0. The van der Waals surface area contributed by atoms with Gasteiger partial charge in [0.1, 0.15) is 5.84 Å². The third kappa shape index (κ3) is 4.70. The van der Waals surface area contributed by atoms with Crippen molar-refractivity contribution in [3.05, 3.63) is 46.7 Å². The number of hydrogen-bond acceptors (Lipinski definition) is 4. The van der Waals surface area contributed by atoms with E-state index in [0.29, 0.717) is 30.8 Å². The maximum atomic E-state index is 12.4. The lowest BCUT2D eigenvalue weighted by molar-refractivity contribution is -0.116. The topological polar surface area (TPSA) is 78.8 Å². The molecule has 1 aliphatic rings. The van der Waals surface area contributed by atoms with Crippen LogP contribution < -0.4 is 5.32 Å². The van der Waals surface area contributed by atoms with Crippen LogP contribution >= 0.6 is 11.3 Å². The number of likely N-dealkylation sites (tertiary alicyclic amines) is 1. The van der Waals surface area contributed by atoms with Gasteiger partial charge in [0.05, 0.1) is 4.90 Å². The maximum Gasteiger partial charge on any atom is 0.283 e. The van der Waals surface area contributed by atoms with E-state index < -0.39 is 10.0 Å². The second-order valence-corrected chi connectivity index (χ2v) is 8.60. The molecular formula is C18H21N3O3S2. The average molecular weight is 392 g/mol. The molecule has 0 atom stereocenters. The number of carbonyl (C=O) groups excluding carboxylic acids is 1. The van der Waals surface area contributed by atoms with Gasteiger partial charge in [0.15, 0.2) is 0 Å². The first kappa shape index (κ1) is 18.6. The molecule has 1 N–H and O–H groups in total. The number of anilines is 1. The van der Waals surface area contributed by atoms with Gasteiger partial charge in [-0.2, -0.15) is 19.8 Å². The molecule has 1 amide bonds. The van der Waals surface area contributed by atoms with Crippen molar-refractivity contribution >= 4 is 38.8 Å². The van der Waals surface area contributed by atoms with E-state index >= 15 is 0 Å². The maximum absolute atomic E-state index is 12.4. The van der Waals surface area contributed by atoms with Crippen molar-refractivity contribution in [2.75, 3.05) is 18.9 Å². The van der Waals surface area contributed by atoms with Gasteiger partial charge < -0.3 is 10.2 Å². The smallest absolute Gasteiger partial charge is 0.283 e. The Morgan fingerprint density at radius 2 is 2.04 bits per heavy atom. The highest BCUT2D eigenvalue weighted by Crippen LogP contribution is 2.19. The molecule has 0 saturated carbocycles. The largest absolute Gasteiger partial charge is 0.362 e. The zero-order valence-electron chi connectivity index (χ0n) is 14.5. The molecule has 2 heterocycles. The van der Waals surface area contributed by atoms with Crippen molar-refractivity contribution < 1.29 is 13.2 Å². The first-order valence-electron chi connectivity index (χ1n) is 8.40. The first-order valence-corrected chi connectivity index (χ1v) is 10.8. The summed E-state index contributed by atoms with van der Waals surface area (Å²) >= 11 is 1.61. The minimum atomic E-state index is -3.73. The quantitative estimate of drug-likeness (QED) is 0.820. The molecule has 1 aromatic heterocycles. The van der Waals surface area contributed by atoms with Gasteiger partial charge in [0.2, 0.25) is 5.91 Å². The second-order valence-electron chi connectivity index (χ2n) is 6.21. The van der Waals surface area contributed by atoms with Crippen LogP contribution in [0.1, 0.15) is 24.8 Å². The lowest BCUT2D eigenvalue weighted by Crippen LogP contribution is -2.20. The molecule has 2 aromatic rings. The number of carbonyl (C=O) groups is 1. The molecule has 3 rings (SSSR count). The number of nitrogens with zero attached hydrogens (tertiary/aromatic N) is 2. The molecule has 26 heavy (non-hydrogen) atoms. The number of sulfonamides is 1. The lowest BCUT2D eigenvalue weighted by atomic mass is 10.2. The van der Waals surface area contributed by atoms with Crippen molar-refractivity contribution in [1.29, 1.82) is 0 Å². The molecule has 1 fully saturated rings. The zero-order chi connectivity index (χ0) is 18.6. The number of nitrogens with one attached hydrogen (secondary N) is 1. The molecule has 8 heteroatoms. The monoisotopic (exact) mass is 391 g/mol. The van der Waals surface area contributed by atoms with E-state index in [2.05, 4.69) is 9.71 Å². The standard InChI is InChI=1S/C18H21N3O3S2/c1-21-11-2-3-17(21)20-26(23,24)16-7-5-15(6-8-16)19-18(22)9-4-14-10-12-25-13-14/h5-8,10,12-13H,2-4,9,11H2,1H3,(H,19,22)/b20-17+. The highest BCUT2D eigenvalue weighted by Gasteiger charge is 2.20. The summed E-state index contributed by atoms with van der Waals surface area (Å²) in [5, 5.41) is 6.80. The fourth-order valence-electron chi connectivity index (χ4n) is 2.73. The van der Waals surface area contributed by atoms with E-state index in [-0.39, 0.29) is 10.8 Å². The molecule has 0 spiro atoms. The molecule has 0 aliphatic carbocycles. The van der Waals surface area contributed by atoms with Crippen LogP contribution in [-0.2, 0) is 21.2 Å². The fraction of sp³-hybridized carbons (Fsp3) is 0.333. The van der Waals surface area contributed by atoms with E-state index in [4.69, 9.17) is 0 Å². The number of rotatable bonds is 6. The lowest BCUT2D eigenvalue weighted by Gasteiger charge is -2.11. The molecule has 1 aliphatic heterocycles. The molecule has 0 radical (unpaired) electrons. The van der Waals surface area contributed by atoms with E-state index in [0.717, 1.165) is 18.5 Å². The summed E-state index contributed by atoms with van der Waals surface area (Å²) in [5.74, 6) is 0.496. The molecule has 0 bridgehead atoms. The Morgan fingerprint density at radius 1 is 1.27 bits per heavy atom. The van der Waals surface area contributed by atoms with Crippen molar-refractivity contribution in [3.63, 3.8) is 0 Å². The third-order valence-electron chi connectivity index (χ3n) is 4.22. The van der Waals surface area contributed by atoms with Crippen LogP contribution in [-0.4, -0.2) is 38.7 Å². The van der Waals surface area contributed by atoms with Crippen molar-refractivity contribution in [2.45, 2.75) is 30.6 Å². The van der Waals surface area contributed by atoms with Crippen LogP contribution in [0.3, 0.4) is 0 Å². The Morgan fingerprint density at radius 3 is 2.65 bits per heavy atom. The van der Waals surface area contributed by atoms with Gasteiger partial charge in [0.25, 0.3) is 10.0 Å². The van der Waals surface area contributed by atoms with Gasteiger partial charge >= 0.3 is 0 Å². The zero-order valence-corrected chi connectivity index (χ0v) is 16.1. The molecule has 138 valence electrons. The van der Waals surface area contributed by atoms with Crippen LogP contribution in [0.25, 0.3) is 0 Å². The summed E-state index contributed by atoms with van der Waals surface area (Å²) < 4.78 is 28.7. The molecule has 6 nitrogen and oxygen atoms in total. The minimum Gasteiger partial charge on any atom is -0.362 e. The summed E-state index contributed by atoms with van der Waals surface area (Å²) in [5.41, 5.74) is 1.72. The summed E-state index contributed by atoms with van der Waals surface area (Å²) in [6, 6.07) is 8.13. The highest BCUT2D eigenvalue weighted by atomic mass is 32.2. The number of hydrogen-bond donors (Lipinski definition) is 1. The van der Waals surface area contributed by atoms with Crippen LogP contribution in [0.15, 0.2) is 50.4 Å². The summed E-state index contributed by atoms with van der Waals surface area (Å²) in [7, 11) is -1.88. The number of amidine groups is 1. The van der Waals surface area contributed by atoms with Gasteiger partial charge in [0, 0.05) is 32.1 Å². The summed E-state index contributed by atoms with van der Waals surface area (Å²) in [6.07, 6.45) is 2.67. The van der Waals surface area contributed by atoms with Crippen molar-refractivity contribution in [3.8, 4) is 0 Å². The molecular weight excluding hydrogens is 370 g/mol. The third-order valence-corrected chi connectivity index (χ3v) is 6.27. The summed E-state index contributed by atoms with van der Waals surface area (Å²) in [6.45, 7) is 0.824. The van der Waals surface area contributed by atoms with Gasteiger partial charge in [-0.05, 0) is 59.5 Å². The van der Waals surface area contributed by atoms with Crippen molar-refractivity contribution in [1.82, 2.24) is 4.90 Å². The average Bonchev–Trinajstić information content (AvgIpc) is 3.26. The van der Waals surface area contributed by atoms with Gasteiger partial charge in [-0.15, -0.1) is 4.40 Å². The number of benzene rings is 1. The molecule has 1 saturated heterocycles. The van der Waals surface area contributed by atoms with E-state index in [1.807, 2.05) is 28.8 Å². The number of amides is 1. The second kappa shape index (κ2) is 8.01. The van der Waals surface area contributed by atoms with Gasteiger partial charge in [-0.25, -0.2) is 0 Å². The minimum absolute atomic E-state index is 0.0976. The van der Waals surface area contributed by atoms with Crippen LogP contribution in [0, 0.1) is 0 Å². The molecule has 0 unspecified atom stereocenters. The SMILES string of the molecule is CN1CCC/C1=N\S(=O)(=O)c1ccc(NC(=O)CCc2ccsc2)cc1. The Kier molecular flexibility index (Phi) is 5.73. The highest BCUT2D eigenvalue weighted by molar-refractivity contribution is 7.90. The van der Waals surface area contributed by atoms with Gasteiger partial charge in [-0.3, -0.25) is 4.79 Å². The van der Waals surface area contributed by atoms with E-state index in [1.54, 1.807) is 23.5 Å². The predicted molar refractivity (Wildman–Crippen MR) is 104 cm³/mol. The fourth-order valence-corrected chi connectivity index (χ4v) is 4.52. The Bertz CT molecular complexity index is 888. The molecule has 1 aromatic carbocycles. The predicted octanol–water partition coefficient (Wildman–Crippen LogP) is 3.13. The van der Waals surface area contributed by atoms with E-state index in [9.17, 15) is 13.2 Å². The van der Waals surface area contributed by atoms with Gasteiger partial charge in [-0.1, -0.05) is 0 Å². The Hall–Kier alpha value is -2.19.